The highest BCUT2D eigenvalue weighted by atomic mass is 16.3. The number of benzene rings is 1. The average molecular weight is 671 g/mol. The van der Waals surface area contributed by atoms with Gasteiger partial charge in [0.1, 0.15) is 11.5 Å². The van der Waals surface area contributed by atoms with Crippen LogP contribution in [-0.2, 0) is 6.42 Å². The number of phenols is 2. The molecule has 0 saturated carbocycles. The Morgan fingerprint density at radius 1 is 0.469 bits per heavy atom. The zero-order valence-electron chi connectivity index (χ0n) is 32.5. The molecule has 0 aromatic heterocycles. The highest BCUT2D eigenvalue weighted by Crippen LogP contribution is 2.24. The monoisotopic (exact) mass is 671 g/mol. The molecule has 272 valence electrons. The standard InChI is InChI=1S/C46H70O3/c1-36(2)16-9-17-37(3)18-10-19-38(4)20-11-21-39(5)22-12-23-40(6)24-13-25-41(7)26-14-28-43(35-47)29-15-27-42(8)30-31-44-34-45(48)32-33-46(44)49/h16,18,20,22,24,26,29-30,32-34,47-49H,9-15,17,19,21,23,25,27-28,31,35H2,1-8H3. The number of hydrogen-bond acceptors (Lipinski definition) is 3. The Kier molecular flexibility index (Phi) is 23.7. The average Bonchev–Trinajstić information content (AvgIpc) is 3.04. The molecule has 3 heteroatoms. The lowest BCUT2D eigenvalue weighted by atomic mass is 10.0. The van der Waals surface area contributed by atoms with E-state index in [4.69, 9.17) is 0 Å². The Morgan fingerprint density at radius 3 is 1.24 bits per heavy atom. The van der Waals surface area contributed by atoms with Crippen LogP contribution in [0.25, 0.3) is 0 Å². The van der Waals surface area contributed by atoms with Crippen LogP contribution in [0.15, 0.2) is 111 Å². The van der Waals surface area contributed by atoms with Gasteiger partial charge in [-0.3, -0.25) is 0 Å². The number of rotatable bonds is 24. The van der Waals surface area contributed by atoms with Gasteiger partial charge in [-0.25, -0.2) is 0 Å². The first-order valence-electron chi connectivity index (χ1n) is 18.8. The molecular formula is C46H70O3. The van der Waals surface area contributed by atoms with Gasteiger partial charge in [-0.05, 0) is 175 Å². The number of aliphatic hydroxyl groups excluding tert-OH is 1. The fourth-order valence-corrected chi connectivity index (χ4v) is 5.66. The van der Waals surface area contributed by atoms with Crippen molar-refractivity contribution in [2.75, 3.05) is 6.61 Å². The number of hydrogen-bond donors (Lipinski definition) is 3. The smallest absolute Gasteiger partial charge is 0.119 e. The zero-order valence-corrected chi connectivity index (χ0v) is 32.5. The summed E-state index contributed by atoms with van der Waals surface area (Å²) in [5.41, 5.74) is 11.9. The first kappa shape index (κ1) is 43.7. The molecule has 0 aliphatic heterocycles. The predicted molar refractivity (Wildman–Crippen MR) is 215 cm³/mol. The fourth-order valence-electron chi connectivity index (χ4n) is 5.66. The van der Waals surface area contributed by atoms with Gasteiger partial charge in [-0.1, -0.05) is 87.6 Å². The van der Waals surface area contributed by atoms with Crippen LogP contribution in [0.4, 0.5) is 0 Å². The first-order valence-corrected chi connectivity index (χ1v) is 18.8. The van der Waals surface area contributed by atoms with Gasteiger partial charge < -0.3 is 15.3 Å². The van der Waals surface area contributed by atoms with Crippen molar-refractivity contribution in [3.8, 4) is 11.5 Å². The molecule has 49 heavy (non-hydrogen) atoms. The molecule has 1 rings (SSSR count). The van der Waals surface area contributed by atoms with Crippen molar-refractivity contribution >= 4 is 0 Å². The summed E-state index contributed by atoms with van der Waals surface area (Å²) in [4.78, 5) is 0. The molecule has 0 fully saturated rings. The number of allylic oxidation sites excluding steroid dienone is 15. The van der Waals surface area contributed by atoms with E-state index in [1.165, 1.54) is 64.0 Å². The lowest BCUT2D eigenvalue weighted by Gasteiger charge is -2.06. The van der Waals surface area contributed by atoms with Gasteiger partial charge in [0.25, 0.3) is 0 Å². The third-order valence-corrected chi connectivity index (χ3v) is 9.08. The van der Waals surface area contributed by atoms with Gasteiger partial charge >= 0.3 is 0 Å². The van der Waals surface area contributed by atoms with E-state index in [0.717, 1.165) is 88.2 Å². The van der Waals surface area contributed by atoms with E-state index in [1.807, 2.05) is 0 Å². The van der Waals surface area contributed by atoms with E-state index in [9.17, 15) is 15.3 Å². The van der Waals surface area contributed by atoms with Crippen molar-refractivity contribution in [1.29, 1.82) is 0 Å². The number of aliphatic hydroxyl groups is 1. The second-order valence-corrected chi connectivity index (χ2v) is 14.4. The minimum Gasteiger partial charge on any atom is -0.508 e. The van der Waals surface area contributed by atoms with Crippen LogP contribution in [0.1, 0.15) is 151 Å². The summed E-state index contributed by atoms with van der Waals surface area (Å²) in [5, 5.41) is 29.4. The molecule has 3 nitrogen and oxygen atoms in total. The summed E-state index contributed by atoms with van der Waals surface area (Å²) in [6, 6.07) is 4.62. The van der Waals surface area contributed by atoms with E-state index < -0.39 is 0 Å². The van der Waals surface area contributed by atoms with Crippen molar-refractivity contribution in [1.82, 2.24) is 0 Å². The van der Waals surface area contributed by atoms with Gasteiger partial charge in [-0.15, -0.1) is 0 Å². The SMILES string of the molecule is CC(C)=CCCC(C)=CCCC(C)=CCCC(C)=CCCC(C)=CCCC(C)=CCCC(=CCCC(C)=CCc1cc(O)ccc1O)CO. The Morgan fingerprint density at radius 2 is 0.837 bits per heavy atom. The number of aromatic hydroxyl groups is 2. The van der Waals surface area contributed by atoms with Crippen molar-refractivity contribution in [3.63, 3.8) is 0 Å². The van der Waals surface area contributed by atoms with Crippen LogP contribution in [0.3, 0.4) is 0 Å². The van der Waals surface area contributed by atoms with Gasteiger partial charge in [0.15, 0.2) is 0 Å². The molecule has 0 unspecified atom stereocenters. The molecular weight excluding hydrogens is 601 g/mol. The maximum atomic E-state index is 9.96. The molecule has 0 aliphatic rings. The molecule has 0 spiro atoms. The van der Waals surface area contributed by atoms with E-state index in [2.05, 4.69) is 104 Å². The van der Waals surface area contributed by atoms with Crippen molar-refractivity contribution in [2.24, 2.45) is 0 Å². The molecule has 0 atom stereocenters. The number of phenolic OH excluding ortho intramolecular Hbond substituents is 2. The maximum Gasteiger partial charge on any atom is 0.119 e. The lowest BCUT2D eigenvalue weighted by Crippen LogP contribution is -1.91. The molecule has 1 aromatic rings. The van der Waals surface area contributed by atoms with Crippen LogP contribution >= 0.6 is 0 Å². The largest absolute Gasteiger partial charge is 0.508 e. The van der Waals surface area contributed by atoms with Gasteiger partial charge in [-0.2, -0.15) is 0 Å². The van der Waals surface area contributed by atoms with E-state index in [-0.39, 0.29) is 18.1 Å². The lowest BCUT2D eigenvalue weighted by molar-refractivity contribution is 0.326. The first-order chi connectivity index (χ1) is 23.4. The van der Waals surface area contributed by atoms with E-state index in [1.54, 1.807) is 6.07 Å². The normalized spacial score (nSPS) is 14.1. The van der Waals surface area contributed by atoms with Crippen LogP contribution in [0, 0.1) is 0 Å². The highest BCUT2D eigenvalue weighted by Gasteiger charge is 2.02. The Balaban J connectivity index is 2.30. The zero-order chi connectivity index (χ0) is 36.4. The third-order valence-electron chi connectivity index (χ3n) is 9.08. The minimum absolute atomic E-state index is 0.105. The summed E-state index contributed by atoms with van der Waals surface area (Å²) >= 11 is 0. The molecule has 1 aromatic carbocycles. The topological polar surface area (TPSA) is 60.7 Å². The summed E-state index contributed by atoms with van der Waals surface area (Å²) in [6.07, 6.45) is 34.2. The van der Waals surface area contributed by atoms with Crippen LogP contribution in [0.5, 0.6) is 11.5 Å². The van der Waals surface area contributed by atoms with Crippen LogP contribution in [-0.4, -0.2) is 21.9 Å². The van der Waals surface area contributed by atoms with E-state index >= 15 is 0 Å². The second kappa shape index (κ2) is 26.6. The van der Waals surface area contributed by atoms with Crippen molar-refractivity contribution in [2.45, 2.75) is 152 Å². The fraction of sp³-hybridized carbons (Fsp3) is 0.522. The van der Waals surface area contributed by atoms with Crippen LogP contribution in [0.2, 0.25) is 0 Å². The minimum atomic E-state index is 0.105. The van der Waals surface area contributed by atoms with Gasteiger partial charge in [0, 0.05) is 5.56 Å². The summed E-state index contributed by atoms with van der Waals surface area (Å²) in [7, 11) is 0. The third kappa shape index (κ3) is 23.7. The van der Waals surface area contributed by atoms with E-state index in [0.29, 0.717) is 6.42 Å². The Bertz CT molecular complexity index is 1350. The van der Waals surface area contributed by atoms with Gasteiger partial charge in [0.2, 0.25) is 0 Å². The quantitative estimate of drug-likeness (QED) is 0.0758. The highest BCUT2D eigenvalue weighted by molar-refractivity contribution is 5.40. The molecule has 0 saturated heterocycles. The molecule has 0 aliphatic carbocycles. The maximum absolute atomic E-state index is 9.96. The van der Waals surface area contributed by atoms with Gasteiger partial charge in [0.05, 0.1) is 6.61 Å². The molecule has 0 radical (unpaired) electrons. The predicted octanol–water partition coefficient (Wildman–Crippen LogP) is 13.7. The van der Waals surface area contributed by atoms with Crippen molar-refractivity contribution in [3.05, 3.63) is 117 Å². The summed E-state index contributed by atoms with van der Waals surface area (Å²) in [5.74, 6) is 0.373. The second-order valence-electron chi connectivity index (χ2n) is 14.4. The summed E-state index contributed by atoms with van der Waals surface area (Å²) < 4.78 is 0. The summed E-state index contributed by atoms with van der Waals surface area (Å²) in [6.45, 7) is 17.8. The molecule has 0 amide bonds. The Hall–Kier alpha value is -3.30. The van der Waals surface area contributed by atoms with Crippen LogP contribution < -0.4 is 0 Å². The molecule has 0 heterocycles. The Labute approximate surface area is 301 Å². The molecule has 3 N–H and O–H groups in total. The van der Waals surface area contributed by atoms with Crippen molar-refractivity contribution < 1.29 is 15.3 Å². The molecule has 0 bridgehead atoms.